The molecule has 0 unspecified atom stereocenters. The number of halogens is 1. The van der Waals surface area contributed by atoms with Gasteiger partial charge in [-0.3, -0.25) is 4.79 Å². The van der Waals surface area contributed by atoms with E-state index in [4.69, 9.17) is 5.73 Å². The second kappa shape index (κ2) is 7.43. The lowest BCUT2D eigenvalue weighted by Gasteiger charge is -2.18. The number of rotatable bonds is 3. The Morgan fingerprint density at radius 3 is 2.45 bits per heavy atom. The van der Waals surface area contributed by atoms with E-state index in [1.54, 1.807) is 0 Å². The van der Waals surface area contributed by atoms with Crippen LogP contribution in [0.25, 0.3) is 0 Å². The molecule has 0 saturated carbocycles. The van der Waals surface area contributed by atoms with Crippen LogP contribution in [0.1, 0.15) is 27.9 Å². The summed E-state index contributed by atoms with van der Waals surface area (Å²) in [7, 11) is 0. The third-order valence-electron chi connectivity index (χ3n) is 4.00. The van der Waals surface area contributed by atoms with Crippen LogP contribution in [-0.2, 0) is 6.42 Å². The van der Waals surface area contributed by atoms with E-state index in [1.165, 1.54) is 5.56 Å². The number of benzene rings is 2. The maximum atomic E-state index is 12.7. The number of nitrogens with two attached hydrogens (primary N) is 1. The summed E-state index contributed by atoms with van der Waals surface area (Å²) in [5, 5.41) is 0. The molecule has 1 amide bonds. The summed E-state index contributed by atoms with van der Waals surface area (Å²) in [4.78, 5) is 14.5. The molecule has 4 heteroatoms. The van der Waals surface area contributed by atoms with E-state index in [0.717, 1.165) is 30.5 Å². The molecule has 0 aliphatic carbocycles. The first-order valence-electron chi connectivity index (χ1n) is 7.41. The molecule has 1 atom stereocenters. The van der Waals surface area contributed by atoms with Crippen LogP contribution in [0, 0.1) is 0 Å². The minimum Gasteiger partial charge on any atom is -0.337 e. The van der Waals surface area contributed by atoms with Crippen molar-refractivity contribution in [3.63, 3.8) is 0 Å². The molecule has 0 radical (unpaired) electrons. The highest BCUT2D eigenvalue weighted by Crippen LogP contribution is 2.18. The topological polar surface area (TPSA) is 46.3 Å². The van der Waals surface area contributed by atoms with E-state index in [9.17, 15) is 4.79 Å². The Labute approximate surface area is 137 Å². The van der Waals surface area contributed by atoms with E-state index in [0.29, 0.717) is 6.54 Å². The Morgan fingerprint density at radius 2 is 1.77 bits per heavy atom. The average molecular weight is 317 g/mol. The second-order valence-corrected chi connectivity index (χ2v) is 5.62. The van der Waals surface area contributed by atoms with Crippen LogP contribution in [0.15, 0.2) is 54.6 Å². The minimum atomic E-state index is 0. The van der Waals surface area contributed by atoms with Crippen molar-refractivity contribution < 1.29 is 4.79 Å². The van der Waals surface area contributed by atoms with Crippen molar-refractivity contribution in [1.82, 2.24) is 4.90 Å². The first-order chi connectivity index (χ1) is 10.2. The zero-order chi connectivity index (χ0) is 14.7. The zero-order valence-corrected chi connectivity index (χ0v) is 13.3. The van der Waals surface area contributed by atoms with Gasteiger partial charge in [-0.15, -0.1) is 12.4 Å². The van der Waals surface area contributed by atoms with Crippen molar-refractivity contribution in [2.45, 2.75) is 18.9 Å². The number of hydrogen-bond acceptors (Lipinski definition) is 2. The van der Waals surface area contributed by atoms with Gasteiger partial charge in [0, 0.05) is 24.7 Å². The molecule has 0 aromatic heterocycles. The molecular weight excluding hydrogens is 296 g/mol. The monoisotopic (exact) mass is 316 g/mol. The summed E-state index contributed by atoms with van der Waals surface area (Å²) in [5.41, 5.74) is 9.01. The van der Waals surface area contributed by atoms with E-state index in [1.807, 2.05) is 47.4 Å². The lowest BCUT2D eigenvalue weighted by Crippen LogP contribution is -2.32. The van der Waals surface area contributed by atoms with Crippen molar-refractivity contribution in [2.75, 3.05) is 13.1 Å². The average Bonchev–Trinajstić information content (AvgIpc) is 2.95. The highest BCUT2D eigenvalue weighted by atomic mass is 35.5. The molecule has 1 heterocycles. The smallest absolute Gasteiger partial charge is 0.254 e. The Kier molecular flexibility index (Phi) is 5.58. The normalized spacial score (nSPS) is 17.1. The highest BCUT2D eigenvalue weighted by Gasteiger charge is 2.25. The molecule has 3 rings (SSSR count). The van der Waals surface area contributed by atoms with Crippen LogP contribution in [0.5, 0.6) is 0 Å². The van der Waals surface area contributed by atoms with Gasteiger partial charge in [-0.05, 0) is 30.0 Å². The molecule has 116 valence electrons. The van der Waals surface area contributed by atoms with Crippen molar-refractivity contribution >= 4 is 18.3 Å². The summed E-state index contributed by atoms with van der Waals surface area (Å²) in [6, 6.07) is 18.2. The largest absolute Gasteiger partial charge is 0.337 e. The predicted molar refractivity (Wildman–Crippen MR) is 91.4 cm³/mol. The Bertz CT molecular complexity index is 630. The number of amides is 1. The highest BCUT2D eigenvalue weighted by molar-refractivity contribution is 5.96. The quantitative estimate of drug-likeness (QED) is 0.946. The third-order valence-corrected chi connectivity index (χ3v) is 4.00. The molecule has 2 aromatic carbocycles. The third kappa shape index (κ3) is 3.67. The van der Waals surface area contributed by atoms with E-state index >= 15 is 0 Å². The fourth-order valence-corrected chi connectivity index (χ4v) is 2.84. The first-order valence-corrected chi connectivity index (χ1v) is 7.41. The summed E-state index contributed by atoms with van der Waals surface area (Å²) < 4.78 is 0. The van der Waals surface area contributed by atoms with Gasteiger partial charge in [-0.2, -0.15) is 0 Å². The van der Waals surface area contributed by atoms with Gasteiger partial charge in [0.15, 0.2) is 0 Å². The van der Waals surface area contributed by atoms with Gasteiger partial charge in [0.05, 0.1) is 0 Å². The van der Waals surface area contributed by atoms with Crippen LogP contribution < -0.4 is 5.73 Å². The maximum absolute atomic E-state index is 12.7. The van der Waals surface area contributed by atoms with Gasteiger partial charge >= 0.3 is 0 Å². The second-order valence-electron chi connectivity index (χ2n) is 5.62. The molecule has 22 heavy (non-hydrogen) atoms. The fourth-order valence-electron chi connectivity index (χ4n) is 2.84. The number of nitrogens with zero attached hydrogens (tertiary/aromatic N) is 1. The number of hydrogen-bond donors (Lipinski definition) is 1. The Balaban J connectivity index is 0.00000176. The summed E-state index contributed by atoms with van der Waals surface area (Å²) in [6.45, 7) is 1.43. The first kappa shape index (κ1) is 16.5. The van der Waals surface area contributed by atoms with Crippen LogP contribution in [0.4, 0.5) is 0 Å². The van der Waals surface area contributed by atoms with Crippen molar-refractivity contribution in [3.05, 3.63) is 71.3 Å². The molecule has 0 spiro atoms. The summed E-state index contributed by atoms with van der Waals surface area (Å²) >= 11 is 0. The predicted octanol–water partition coefficient (Wildman–Crippen LogP) is 2.87. The van der Waals surface area contributed by atoms with Gasteiger partial charge in [0.1, 0.15) is 0 Å². The number of carbonyl (C=O) groups excluding carboxylic acids is 1. The van der Waals surface area contributed by atoms with Gasteiger partial charge in [0.2, 0.25) is 0 Å². The molecule has 1 aliphatic heterocycles. The Hall–Kier alpha value is -1.84. The molecular formula is C18H21ClN2O. The maximum Gasteiger partial charge on any atom is 0.254 e. The van der Waals surface area contributed by atoms with Gasteiger partial charge in [-0.25, -0.2) is 0 Å². The number of carbonyl (C=O) groups is 1. The fraction of sp³-hybridized carbons (Fsp3) is 0.278. The van der Waals surface area contributed by atoms with Gasteiger partial charge < -0.3 is 10.6 Å². The lowest BCUT2D eigenvalue weighted by molar-refractivity contribution is 0.0790. The van der Waals surface area contributed by atoms with Crippen LogP contribution in [0.2, 0.25) is 0 Å². The molecule has 1 fully saturated rings. The molecule has 0 bridgehead atoms. The minimum absolute atomic E-state index is 0. The summed E-state index contributed by atoms with van der Waals surface area (Å²) in [6.07, 6.45) is 1.68. The standard InChI is InChI=1S/C18H20N2O.ClH/c19-16-10-11-20(13-16)18(21)17-9-5-4-8-15(17)12-14-6-2-1-3-7-14;/h1-9,16H,10-13,19H2;1H/t16-;/m1./s1. The summed E-state index contributed by atoms with van der Waals surface area (Å²) in [5.74, 6) is 0.106. The SMILES string of the molecule is Cl.N[C@@H]1CCN(C(=O)c2ccccc2Cc2ccccc2)C1. The molecule has 1 aliphatic rings. The van der Waals surface area contributed by atoms with E-state index < -0.39 is 0 Å². The van der Waals surface area contributed by atoms with E-state index in [-0.39, 0.29) is 24.4 Å². The number of likely N-dealkylation sites (tertiary alicyclic amines) is 1. The van der Waals surface area contributed by atoms with Crippen molar-refractivity contribution in [2.24, 2.45) is 5.73 Å². The van der Waals surface area contributed by atoms with Gasteiger partial charge in [-0.1, -0.05) is 48.5 Å². The molecule has 3 nitrogen and oxygen atoms in total. The van der Waals surface area contributed by atoms with Crippen LogP contribution >= 0.6 is 12.4 Å². The zero-order valence-electron chi connectivity index (χ0n) is 12.4. The van der Waals surface area contributed by atoms with Crippen LogP contribution in [0.3, 0.4) is 0 Å². The Morgan fingerprint density at radius 1 is 1.09 bits per heavy atom. The van der Waals surface area contributed by atoms with Gasteiger partial charge in [0.25, 0.3) is 5.91 Å². The lowest BCUT2D eigenvalue weighted by atomic mass is 9.99. The molecule has 2 N–H and O–H groups in total. The molecule has 1 saturated heterocycles. The van der Waals surface area contributed by atoms with E-state index in [2.05, 4.69) is 12.1 Å². The van der Waals surface area contributed by atoms with Crippen LogP contribution in [-0.4, -0.2) is 29.9 Å². The van der Waals surface area contributed by atoms with Crippen molar-refractivity contribution in [1.29, 1.82) is 0 Å². The van der Waals surface area contributed by atoms with Crippen molar-refractivity contribution in [3.8, 4) is 0 Å². The molecule has 2 aromatic rings.